The fourth-order valence-electron chi connectivity index (χ4n) is 2.11. The van der Waals surface area contributed by atoms with E-state index in [0.717, 1.165) is 7.05 Å². The average Bonchev–Trinajstić information content (AvgIpc) is 2.87. The van der Waals surface area contributed by atoms with E-state index >= 15 is 0 Å². The molecule has 0 saturated heterocycles. The largest absolute Gasteiger partial charge is 0.423 e. The number of ketones is 1. The Kier molecular flexibility index (Phi) is 4.45. The van der Waals surface area contributed by atoms with Gasteiger partial charge in [-0.3, -0.25) is 14.2 Å². The number of carbonyl (C=O) groups excluding carboxylic acids is 1. The van der Waals surface area contributed by atoms with Crippen LogP contribution in [-0.2, 0) is 26.3 Å². The molecule has 0 saturated carbocycles. The van der Waals surface area contributed by atoms with Crippen molar-refractivity contribution in [1.29, 1.82) is 0 Å². The molecule has 0 aliphatic rings. The van der Waals surface area contributed by atoms with Gasteiger partial charge in [-0.15, -0.1) is 5.10 Å². The van der Waals surface area contributed by atoms with Crippen LogP contribution in [0.15, 0.2) is 15.8 Å². The fourth-order valence-corrected chi connectivity index (χ4v) is 2.11. The minimum absolute atomic E-state index is 0.0942. The van der Waals surface area contributed by atoms with Gasteiger partial charge in [0.1, 0.15) is 5.56 Å². The van der Waals surface area contributed by atoms with Gasteiger partial charge in [0, 0.05) is 13.2 Å². The van der Waals surface area contributed by atoms with E-state index in [4.69, 9.17) is 0 Å². The number of hydrogen-bond donors (Lipinski definition) is 0. The zero-order valence-electron chi connectivity index (χ0n) is 13.1. The highest BCUT2D eigenvalue weighted by atomic mass is 19.4. The maximum absolute atomic E-state index is 12.9. The lowest BCUT2D eigenvalue weighted by Gasteiger charge is -2.11. The first-order chi connectivity index (χ1) is 11.1. The van der Waals surface area contributed by atoms with Crippen LogP contribution >= 0.6 is 0 Å². The van der Waals surface area contributed by atoms with E-state index in [1.165, 1.54) is 11.7 Å². The quantitative estimate of drug-likeness (QED) is 0.747. The number of aromatic nitrogens is 5. The molecule has 0 unspecified atom stereocenters. The standard InChI is InChI=1S/C13H14F3N5O3/c1-4-21-17-7(2)10(18-21)9(22)6-20-11(23)8(13(14,15)16)5-19(3)12(20)24/h5H,4,6H2,1-3H3. The number of halogens is 3. The first kappa shape index (κ1) is 17.6. The molecule has 0 radical (unpaired) electrons. The van der Waals surface area contributed by atoms with Crippen LogP contribution in [0, 0.1) is 6.92 Å². The van der Waals surface area contributed by atoms with Gasteiger partial charge < -0.3 is 4.57 Å². The van der Waals surface area contributed by atoms with Gasteiger partial charge >= 0.3 is 11.9 Å². The zero-order valence-corrected chi connectivity index (χ0v) is 13.1. The van der Waals surface area contributed by atoms with Crippen LogP contribution in [0.2, 0.25) is 0 Å². The van der Waals surface area contributed by atoms with Crippen LogP contribution in [-0.4, -0.2) is 29.9 Å². The van der Waals surface area contributed by atoms with E-state index in [2.05, 4.69) is 10.2 Å². The van der Waals surface area contributed by atoms with Gasteiger partial charge in [0.05, 0.1) is 18.8 Å². The molecular weight excluding hydrogens is 331 g/mol. The lowest BCUT2D eigenvalue weighted by molar-refractivity contribution is -0.139. The highest BCUT2D eigenvalue weighted by molar-refractivity contribution is 5.94. The first-order valence-corrected chi connectivity index (χ1v) is 6.88. The van der Waals surface area contributed by atoms with Crippen molar-refractivity contribution in [2.45, 2.75) is 33.1 Å². The van der Waals surface area contributed by atoms with E-state index in [1.807, 2.05) is 0 Å². The van der Waals surface area contributed by atoms with Crippen LogP contribution in [0.3, 0.4) is 0 Å². The molecule has 0 atom stereocenters. The summed E-state index contributed by atoms with van der Waals surface area (Å²) < 4.78 is 39.5. The third-order valence-electron chi connectivity index (χ3n) is 3.31. The summed E-state index contributed by atoms with van der Waals surface area (Å²) in [6.45, 7) is 2.78. The van der Waals surface area contributed by atoms with Gasteiger partial charge in [0.15, 0.2) is 5.69 Å². The summed E-state index contributed by atoms with van der Waals surface area (Å²) in [5.74, 6) is -0.772. The van der Waals surface area contributed by atoms with Crippen molar-refractivity contribution >= 4 is 5.78 Å². The molecular formula is C13H14F3N5O3. The van der Waals surface area contributed by atoms with Gasteiger partial charge in [0.2, 0.25) is 5.78 Å². The number of nitrogens with zero attached hydrogens (tertiary/aromatic N) is 5. The Balaban J connectivity index is 2.51. The molecule has 0 aromatic carbocycles. The topological polar surface area (TPSA) is 91.8 Å². The summed E-state index contributed by atoms with van der Waals surface area (Å²) >= 11 is 0. The average molecular weight is 345 g/mol. The Morgan fingerprint density at radius 2 is 1.88 bits per heavy atom. The Hall–Kier alpha value is -2.72. The van der Waals surface area contributed by atoms with Crippen LogP contribution in [0.4, 0.5) is 13.2 Å². The smallest absolute Gasteiger partial charge is 0.303 e. The van der Waals surface area contributed by atoms with Gasteiger partial charge in [-0.1, -0.05) is 0 Å². The predicted molar refractivity (Wildman–Crippen MR) is 75.7 cm³/mol. The lowest BCUT2D eigenvalue weighted by Crippen LogP contribution is -2.43. The molecule has 0 amide bonds. The molecule has 0 N–H and O–H groups in total. The number of Topliss-reactive ketones (excluding diaryl/α,β-unsaturated/α-hetero) is 1. The Morgan fingerprint density at radius 1 is 1.25 bits per heavy atom. The van der Waals surface area contributed by atoms with Gasteiger partial charge in [-0.2, -0.15) is 23.1 Å². The fraction of sp³-hybridized carbons (Fsp3) is 0.462. The van der Waals surface area contributed by atoms with Gasteiger partial charge in [0.25, 0.3) is 5.56 Å². The summed E-state index contributed by atoms with van der Waals surface area (Å²) in [5.41, 5.74) is -3.95. The highest BCUT2D eigenvalue weighted by Crippen LogP contribution is 2.25. The normalized spacial score (nSPS) is 11.8. The SMILES string of the molecule is CCn1nc(C)c(C(=O)Cn2c(=O)c(C(F)(F)F)cn(C)c2=O)n1. The summed E-state index contributed by atoms with van der Waals surface area (Å²) in [7, 11) is 1.07. The molecule has 2 aromatic rings. The van der Waals surface area contributed by atoms with E-state index in [-0.39, 0.29) is 16.0 Å². The molecule has 2 rings (SSSR count). The van der Waals surface area contributed by atoms with Gasteiger partial charge in [-0.05, 0) is 13.8 Å². The van der Waals surface area contributed by atoms with Gasteiger partial charge in [-0.25, -0.2) is 4.79 Å². The van der Waals surface area contributed by atoms with E-state index in [1.54, 1.807) is 6.92 Å². The molecule has 2 aromatic heterocycles. The van der Waals surface area contributed by atoms with Crippen LogP contribution in [0.5, 0.6) is 0 Å². The summed E-state index contributed by atoms with van der Waals surface area (Å²) in [6, 6.07) is 0. The van der Waals surface area contributed by atoms with E-state index < -0.39 is 35.3 Å². The van der Waals surface area contributed by atoms with Crippen LogP contribution in [0.25, 0.3) is 0 Å². The van der Waals surface area contributed by atoms with Crippen molar-refractivity contribution in [2.24, 2.45) is 7.05 Å². The molecule has 2 heterocycles. The Bertz CT molecular complexity index is 907. The van der Waals surface area contributed by atoms with Crippen LogP contribution in [0.1, 0.15) is 28.7 Å². The second-order valence-corrected chi connectivity index (χ2v) is 5.07. The minimum atomic E-state index is -4.94. The molecule has 0 aliphatic carbocycles. The van der Waals surface area contributed by atoms with E-state index in [9.17, 15) is 27.6 Å². The van der Waals surface area contributed by atoms with Crippen molar-refractivity contribution in [1.82, 2.24) is 24.1 Å². The minimum Gasteiger partial charge on any atom is -0.303 e. The van der Waals surface area contributed by atoms with E-state index in [0.29, 0.717) is 17.3 Å². The lowest BCUT2D eigenvalue weighted by atomic mass is 10.2. The Morgan fingerprint density at radius 3 is 2.38 bits per heavy atom. The first-order valence-electron chi connectivity index (χ1n) is 6.88. The van der Waals surface area contributed by atoms with Crippen LogP contribution < -0.4 is 11.2 Å². The number of aryl methyl sites for hydroxylation is 3. The third-order valence-corrected chi connectivity index (χ3v) is 3.31. The second-order valence-electron chi connectivity index (χ2n) is 5.07. The number of alkyl halides is 3. The van der Waals surface area contributed by atoms with Crippen molar-refractivity contribution in [3.05, 3.63) is 44.0 Å². The summed E-state index contributed by atoms with van der Waals surface area (Å²) in [5, 5.41) is 7.83. The Labute approximate surface area is 133 Å². The van der Waals surface area contributed by atoms with Crippen molar-refractivity contribution in [2.75, 3.05) is 0 Å². The molecule has 24 heavy (non-hydrogen) atoms. The predicted octanol–water partition coefficient (Wildman–Crippen LogP) is 0.369. The number of carbonyl (C=O) groups is 1. The maximum Gasteiger partial charge on any atom is 0.423 e. The third kappa shape index (κ3) is 3.14. The zero-order chi connectivity index (χ0) is 18.2. The van der Waals surface area contributed by atoms with Crippen molar-refractivity contribution < 1.29 is 18.0 Å². The van der Waals surface area contributed by atoms with Crippen molar-refractivity contribution in [3.8, 4) is 0 Å². The molecule has 0 aliphatic heterocycles. The highest BCUT2D eigenvalue weighted by Gasteiger charge is 2.36. The molecule has 0 bridgehead atoms. The number of hydrogen-bond acceptors (Lipinski definition) is 5. The second kappa shape index (κ2) is 6.06. The molecule has 0 fully saturated rings. The summed E-state index contributed by atoms with van der Waals surface area (Å²) in [6.07, 6.45) is -4.53. The molecule has 130 valence electrons. The van der Waals surface area contributed by atoms with Crippen molar-refractivity contribution in [3.63, 3.8) is 0 Å². The molecule has 0 spiro atoms. The molecule has 8 nitrogen and oxygen atoms in total. The monoisotopic (exact) mass is 345 g/mol. The summed E-state index contributed by atoms with van der Waals surface area (Å²) in [4.78, 5) is 37.4. The number of rotatable bonds is 4. The molecule has 11 heteroatoms. The maximum atomic E-state index is 12.9.